The van der Waals surface area contributed by atoms with Crippen LogP contribution in [-0.4, -0.2) is 13.0 Å². The number of carbonyl (C=O) groups is 1. The molecule has 0 fully saturated rings. The molecule has 0 unspecified atom stereocenters. The minimum Gasteiger partial charge on any atom is -0.368 e. The third kappa shape index (κ3) is 2.82. The summed E-state index contributed by atoms with van der Waals surface area (Å²) in [5.74, 6) is -0.0655. The van der Waals surface area contributed by atoms with Crippen molar-refractivity contribution in [2.24, 2.45) is 0 Å². The highest BCUT2D eigenvalue weighted by Gasteiger charge is 2.34. The minimum absolute atomic E-state index is 0.0655. The molecule has 1 amide bonds. The maximum Gasteiger partial charge on any atom is 0.249 e. The van der Waals surface area contributed by atoms with Gasteiger partial charge in [-0.3, -0.25) is 4.79 Å². The first kappa shape index (κ1) is 14.1. The van der Waals surface area contributed by atoms with Crippen LogP contribution >= 0.6 is 0 Å². The first-order valence-corrected chi connectivity index (χ1v) is 6.69. The summed E-state index contributed by atoms with van der Waals surface area (Å²) in [4.78, 5) is 12.3. The quantitative estimate of drug-likeness (QED) is 0.894. The lowest BCUT2D eigenvalue weighted by atomic mass is 9.90. The molecule has 0 saturated heterocycles. The molecule has 1 atom stereocenters. The van der Waals surface area contributed by atoms with Crippen molar-refractivity contribution in [3.8, 4) is 0 Å². The Labute approximate surface area is 120 Å². The van der Waals surface area contributed by atoms with E-state index in [0.29, 0.717) is 0 Å². The van der Waals surface area contributed by atoms with Gasteiger partial charge in [0.2, 0.25) is 5.91 Å². The van der Waals surface area contributed by atoms with Crippen LogP contribution in [0.2, 0.25) is 0 Å². The fourth-order valence-corrected chi connectivity index (χ4v) is 2.21. The van der Waals surface area contributed by atoms with Crippen molar-refractivity contribution in [3.05, 3.63) is 65.7 Å². The molecule has 2 aromatic rings. The number of aryl methyl sites for hydroxylation is 1. The Hall–Kier alpha value is -2.29. The van der Waals surface area contributed by atoms with Crippen LogP contribution in [0.5, 0.6) is 0 Å². The van der Waals surface area contributed by atoms with Crippen molar-refractivity contribution in [1.82, 2.24) is 5.32 Å². The molecule has 0 aliphatic carbocycles. The van der Waals surface area contributed by atoms with E-state index in [1.807, 2.05) is 68.4 Å². The predicted molar refractivity (Wildman–Crippen MR) is 82.7 cm³/mol. The largest absolute Gasteiger partial charge is 0.368 e. The number of nitrogens with one attached hydrogen (secondary N) is 2. The van der Waals surface area contributed by atoms with Gasteiger partial charge in [0.05, 0.1) is 0 Å². The van der Waals surface area contributed by atoms with Crippen molar-refractivity contribution in [2.45, 2.75) is 19.4 Å². The van der Waals surface area contributed by atoms with E-state index in [9.17, 15) is 4.79 Å². The monoisotopic (exact) mass is 268 g/mol. The third-order valence-corrected chi connectivity index (χ3v) is 3.48. The van der Waals surface area contributed by atoms with Gasteiger partial charge in [0.25, 0.3) is 0 Å². The molecule has 0 heterocycles. The van der Waals surface area contributed by atoms with E-state index in [-0.39, 0.29) is 5.91 Å². The molecule has 20 heavy (non-hydrogen) atoms. The molecule has 2 N–H and O–H groups in total. The number of rotatable bonds is 4. The number of hydrogen-bond donors (Lipinski definition) is 2. The van der Waals surface area contributed by atoms with Crippen molar-refractivity contribution in [3.63, 3.8) is 0 Å². The van der Waals surface area contributed by atoms with Gasteiger partial charge in [-0.25, -0.2) is 0 Å². The summed E-state index contributed by atoms with van der Waals surface area (Å²) in [7, 11) is 1.65. The number of amides is 1. The number of anilines is 1. The third-order valence-electron chi connectivity index (χ3n) is 3.48. The fourth-order valence-electron chi connectivity index (χ4n) is 2.21. The molecule has 3 heteroatoms. The van der Waals surface area contributed by atoms with Crippen LogP contribution in [0, 0.1) is 6.92 Å². The first-order valence-electron chi connectivity index (χ1n) is 6.69. The van der Waals surface area contributed by atoms with Crippen LogP contribution in [0.1, 0.15) is 18.1 Å². The van der Waals surface area contributed by atoms with Gasteiger partial charge in [-0.05, 0) is 31.5 Å². The molecule has 0 spiro atoms. The number of likely N-dealkylation sites (N-methyl/N-ethyl adjacent to an activating group) is 1. The van der Waals surface area contributed by atoms with Gasteiger partial charge in [0.1, 0.15) is 5.54 Å². The van der Waals surface area contributed by atoms with Gasteiger partial charge in [0, 0.05) is 12.7 Å². The van der Waals surface area contributed by atoms with Gasteiger partial charge in [0.15, 0.2) is 0 Å². The molecule has 0 radical (unpaired) electrons. The Morgan fingerprint density at radius 2 is 1.60 bits per heavy atom. The Morgan fingerprint density at radius 1 is 1.00 bits per heavy atom. The SMILES string of the molecule is CNC(=O)[C@](C)(Nc1ccc(C)cc1)c1ccccc1. The average Bonchev–Trinajstić information content (AvgIpc) is 2.49. The van der Waals surface area contributed by atoms with Crippen LogP contribution in [0.15, 0.2) is 54.6 Å². The number of benzene rings is 2. The van der Waals surface area contributed by atoms with E-state index >= 15 is 0 Å². The van der Waals surface area contributed by atoms with E-state index in [0.717, 1.165) is 11.3 Å². The van der Waals surface area contributed by atoms with Crippen LogP contribution in [-0.2, 0) is 10.3 Å². The molecule has 0 aromatic heterocycles. The number of carbonyl (C=O) groups excluding carboxylic acids is 1. The van der Waals surface area contributed by atoms with Crippen LogP contribution in [0.4, 0.5) is 5.69 Å². The first-order chi connectivity index (χ1) is 9.56. The van der Waals surface area contributed by atoms with E-state index in [1.54, 1.807) is 7.05 Å². The van der Waals surface area contributed by atoms with Crippen LogP contribution in [0.25, 0.3) is 0 Å². The summed E-state index contributed by atoms with van der Waals surface area (Å²) in [6.45, 7) is 3.93. The zero-order valence-corrected chi connectivity index (χ0v) is 12.1. The predicted octanol–water partition coefficient (Wildman–Crippen LogP) is 3.07. The normalized spacial score (nSPS) is 13.3. The van der Waals surface area contributed by atoms with Crippen LogP contribution in [0.3, 0.4) is 0 Å². The highest BCUT2D eigenvalue weighted by molar-refractivity contribution is 5.90. The molecule has 3 nitrogen and oxygen atoms in total. The summed E-state index contributed by atoms with van der Waals surface area (Å²) in [5, 5.41) is 6.07. The second-order valence-electron chi connectivity index (χ2n) is 5.06. The minimum atomic E-state index is -0.800. The topological polar surface area (TPSA) is 41.1 Å². The lowest BCUT2D eigenvalue weighted by molar-refractivity contribution is -0.124. The van der Waals surface area contributed by atoms with E-state index in [4.69, 9.17) is 0 Å². The Morgan fingerprint density at radius 3 is 2.15 bits per heavy atom. The maximum absolute atomic E-state index is 12.3. The molecule has 2 rings (SSSR count). The zero-order chi connectivity index (χ0) is 14.6. The molecular weight excluding hydrogens is 248 g/mol. The molecule has 0 bridgehead atoms. The molecule has 0 saturated carbocycles. The molecular formula is C17H20N2O. The molecule has 0 aliphatic heterocycles. The van der Waals surface area contributed by atoms with Crippen molar-refractivity contribution < 1.29 is 4.79 Å². The fraction of sp³-hybridized carbons (Fsp3) is 0.235. The Kier molecular flexibility index (Phi) is 4.08. The van der Waals surface area contributed by atoms with Gasteiger partial charge in [-0.2, -0.15) is 0 Å². The average molecular weight is 268 g/mol. The van der Waals surface area contributed by atoms with Crippen molar-refractivity contribution in [1.29, 1.82) is 0 Å². The Bertz CT molecular complexity index is 578. The summed E-state index contributed by atoms with van der Waals surface area (Å²) in [5.41, 5.74) is 2.24. The zero-order valence-electron chi connectivity index (χ0n) is 12.1. The second-order valence-corrected chi connectivity index (χ2v) is 5.06. The highest BCUT2D eigenvalue weighted by Crippen LogP contribution is 2.26. The van der Waals surface area contributed by atoms with Gasteiger partial charge in [-0.15, -0.1) is 0 Å². The summed E-state index contributed by atoms with van der Waals surface area (Å²) < 4.78 is 0. The van der Waals surface area contributed by atoms with E-state index < -0.39 is 5.54 Å². The second kappa shape index (κ2) is 5.78. The Balaban J connectivity index is 2.38. The van der Waals surface area contributed by atoms with Crippen LogP contribution < -0.4 is 10.6 Å². The maximum atomic E-state index is 12.3. The highest BCUT2D eigenvalue weighted by atomic mass is 16.2. The molecule has 0 aliphatic rings. The van der Waals surface area contributed by atoms with E-state index in [2.05, 4.69) is 10.6 Å². The summed E-state index contributed by atoms with van der Waals surface area (Å²) >= 11 is 0. The number of hydrogen-bond acceptors (Lipinski definition) is 2. The van der Waals surface area contributed by atoms with Gasteiger partial charge < -0.3 is 10.6 Å². The van der Waals surface area contributed by atoms with Crippen molar-refractivity contribution in [2.75, 3.05) is 12.4 Å². The molecule has 104 valence electrons. The lowest BCUT2D eigenvalue weighted by Gasteiger charge is -2.30. The smallest absolute Gasteiger partial charge is 0.249 e. The summed E-state index contributed by atoms with van der Waals surface area (Å²) in [6, 6.07) is 17.8. The molecule has 2 aromatic carbocycles. The standard InChI is InChI=1S/C17H20N2O/c1-13-9-11-15(12-10-13)19-17(2,16(20)18-3)14-7-5-4-6-8-14/h4-12,19H,1-3H3,(H,18,20)/t17-/m1/s1. The van der Waals surface area contributed by atoms with Gasteiger partial charge in [-0.1, -0.05) is 48.0 Å². The lowest BCUT2D eigenvalue weighted by Crippen LogP contribution is -2.46. The van der Waals surface area contributed by atoms with Crippen molar-refractivity contribution >= 4 is 11.6 Å². The van der Waals surface area contributed by atoms with E-state index in [1.165, 1.54) is 5.56 Å². The summed E-state index contributed by atoms with van der Waals surface area (Å²) in [6.07, 6.45) is 0. The van der Waals surface area contributed by atoms with Gasteiger partial charge >= 0.3 is 0 Å².